The lowest BCUT2D eigenvalue weighted by atomic mass is 10.0. The molecule has 27 heavy (non-hydrogen) atoms. The minimum atomic E-state index is -4.45. The van der Waals surface area contributed by atoms with Crippen LogP contribution in [0.2, 0.25) is 0 Å². The largest absolute Gasteiger partial charge is 0.489 e. The number of nitrogens with one attached hydrogen (secondary N) is 2. The molecule has 1 heterocycles. The Morgan fingerprint density at radius 2 is 2.11 bits per heavy atom. The molecule has 1 amide bonds. The van der Waals surface area contributed by atoms with Crippen LogP contribution in [0.25, 0.3) is 0 Å². The van der Waals surface area contributed by atoms with Gasteiger partial charge in [-0.1, -0.05) is 19.1 Å². The van der Waals surface area contributed by atoms with Gasteiger partial charge in [0.1, 0.15) is 18.1 Å². The maximum atomic E-state index is 12.5. The third-order valence-corrected chi connectivity index (χ3v) is 3.88. The van der Waals surface area contributed by atoms with Gasteiger partial charge in [-0.15, -0.1) is 12.4 Å². The van der Waals surface area contributed by atoms with Gasteiger partial charge >= 0.3 is 6.18 Å². The molecule has 0 saturated carbocycles. The van der Waals surface area contributed by atoms with Crippen molar-refractivity contribution in [2.45, 2.75) is 31.5 Å². The van der Waals surface area contributed by atoms with Gasteiger partial charge in [-0.2, -0.15) is 13.2 Å². The van der Waals surface area contributed by atoms with E-state index in [0.29, 0.717) is 6.54 Å². The molecule has 1 saturated heterocycles. The number of benzene rings is 1. The summed E-state index contributed by atoms with van der Waals surface area (Å²) < 4.78 is 47.1. The lowest BCUT2D eigenvalue weighted by Crippen LogP contribution is -2.43. The first-order chi connectivity index (χ1) is 12.4. The van der Waals surface area contributed by atoms with Gasteiger partial charge in [0.2, 0.25) is 0 Å². The predicted molar refractivity (Wildman–Crippen MR) is 98.9 cm³/mol. The van der Waals surface area contributed by atoms with E-state index in [-0.39, 0.29) is 42.1 Å². The number of rotatable bonds is 8. The Morgan fingerprint density at radius 1 is 1.33 bits per heavy atom. The number of carbonyl (C=O) groups is 1. The zero-order valence-electron chi connectivity index (χ0n) is 14.8. The summed E-state index contributed by atoms with van der Waals surface area (Å²) in [6.45, 7) is 3.64. The smallest absolute Gasteiger partial charge is 0.422 e. The van der Waals surface area contributed by atoms with Crippen molar-refractivity contribution >= 4 is 18.3 Å². The van der Waals surface area contributed by atoms with E-state index >= 15 is 0 Å². The Bertz CT molecular complexity index is 620. The van der Waals surface area contributed by atoms with E-state index in [9.17, 15) is 18.0 Å². The standard InChI is InChI=1S/C18H23F3N2O3.ClH/c1-2-9-25-16-7-6-14(26-12-18(19,20)21)10-15(16)17(24)23-11-13-5-3-4-8-22-13;/h2,6-7,10,13,22H,1,3-5,8-9,11-12H2,(H,23,24);1H. The van der Waals surface area contributed by atoms with Gasteiger partial charge in [-0.3, -0.25) is 4.79 Å². The third-order valence-electron chi connectivity index (χ3n) is 3.88. The van der Waals surface area contributed by atoms with E-state index in [0.717, 1.165) is 25.8 Å². The van der Waals surface area contributed by atoms with Crippen LogP contribution in [0, 0.1) is 0 Å². The fourth-order valence-corrected chi connectivity index (χ4v) is 2.63. The number of amides is 1. The van der Waals surface area contributed by atoms with Crippen molar-refractivity contribution in [3.05, 3.63) is 36.4 Å². The second-order valence-electron chi connectivity index (χ2n) is 6.02. The summed E-state index contributed by atoms with van der Waals surface area (Å²) in [5.41, 5.74) is 0.127. The molecule has 2 N–H and O–H groups in total. The molecule has 2 rings (SSSR count). The minimum Gasteiger partial charge on any atom is -0.489 e. The number of hydrogen-bond acceptors (Lipinski definition) is 4. The molecule has 1 aliphatic heterocycles. The van der Waals surface area contributed by atoms with Crippen LogP contribution in [0.4, 0.5) is 13.2 Å². The molecule has 0 aromatic heterocycles. The summed E-state index contributed by atoms with van der Waals surface area (Å²) in [6, 6.07) is 4.20. The van der Waals surface area contributed by atoms with Crippen LogP contribution in [0.15, 0.2) is 30.9 Å². The molecular weight excluding hydrogens is 385 g/mol. The van der Waals surface area contributed by atoms with Crippen LogP contribution < -0.4 is 20.1 Å². The number of carbonyl (C=O) groups excluding carboxylic acids is 1. The van der Waals surface area contributed by atoms with Crippen molar-refractivity contribution in [1.29, 1.82) is 0 Å². The molecule has 1 atom stereocenters. The fraction of sp³-hybridized carbons (Fsp3) is 0.500. The van der Waals surface area contributed by atoms with Crippen LogP contribution in [0.5, 0.6) is 11.5 Å². The van der Waals surface area contributed by atoms with Crippen molar-refractivity contribution in [3.63, 3.8) is 0 Å². The molecule has 0 bridgehead atoms. The molecule has 0 spiro atoms. The summed E-state index contributed by atoms with van der Waals surface area (Å²) >= 11 is 0. The van der Waals surface area contributed by atoms with Gasteiger partial charge in [-0.05, 0) is 37.6 Å². The molecule has 9 heteroatoms. The van der Waals surface area contributed by atoms with Gasteiger partial charge in [0.25, 0.3) is 5.91 Å². The van der Waals surface area contributed by atoms with Gasteiger partial charge < -0.3 is 20.1 Å². The fourth-order valence-electron chi connectivity index (χ4n) is 2.63. The highest BCUT2D eigenvalue weighted by Gasteiger charge is 2.28. The zero-order valence-corrected chi connectivity index (χ0v) is 15.6. The maximum Gasteiger partial charge on any atom is 0.422 e. The Hall–Kier alpha value is -1.93. The van der Waals surface area contributed by atoms with Crippen molar-refractivity contribution < 1.29 is 27.4 Å². The molecule has 1 aromatic rings. The van der Waals surface area contributed by atoms with E-state index in [1.165, 1.54) is 24.3 Å². The summed E-state index contributed by atoms with van der Waals surface area (Å²) in [4.78, 5) is 12.5. The number of alkyl halides is 3. The molecule has 0 radical (unpaired) electrons. The molecule has 1 fully saturated rings. The Balaban J connectivity index is 0.00000364. The molecule has 5 nitrogen and oxygen atoms in total. The van der Waals surface area contributed by atoms with Crippen molar-refractivity contribution in [1.82, 2.24) is 10.6 Å². The van der Waals surface area contributed by atoms with Gasteiger partial charge in [0.15, 0.2) is 6.61 Å². The van der Waals surface area contributed by atoms with Crippen LogP contribution in [0.3, 0.4) is 0 Å². The first-order valence-corrected chi connectivity index (χ1v) is 8.48. The molecule has 0 aliphatic carbocycles. The SMILES string of the molecule is C=CCOc1ccc(OCC(F)(F)F)cc1C(=O)NCC1CCCCN1.Cl. The topological polar surface area (TPSA) is 59.6 Å². The predicted octanol–water partition coefficient (Wildman–Crippen LogP) is 3.49. The number of ether oxygens (including phenoxy) is 2. The second-order valence-corrected chi connectivity index (χ2v) is 6.02. The average molecular weight is 409 g/mol. The highest BCUT2D eigenvalue weighted by molar-refractivity contribution is 5.97. The summed E-state index contributed by atoms with van der Waals surface area (Å²) in [7, 11) is 0. The van der Waals surface area contributed by atoms with E-state index in [1.807, 2.05) is 0 Å². The van der Waals surface area contributed by atoms with Gasteiger partial charge in [-0.25, -0.2) is 0 Å². The first kappa shape index (κ1) is 23.1. The molecule has 152 valence electrons. The normalized spacial score (nSPS) is 16.8. The number of hydrogen-bond donors (Lipinski definition) is 2. The van der Waals surface area contributed by atoms with Crippen molar-refractivity contribution in [2.24, 2.45) is 0 Å². The Kier molecular flexibility index (Phi) is 9.45. The number of halogens is 4. The zero-order chi connectivity index (χ0) is 19.0. The van der Waals surface area contributed by atoms with Gasteiger partial charge in [0, 0.05) is 12.6 Å². The Labute approximate surface area is 162 Å². The van der Waals surface area contributed by atoms with Crippen LogP contribution >= 0.6 is 12.4 Å². The van der Waals surface area contributed by atoms with Crippen LogP contribution in [-0.2, 0) is 0 Å². The van der Waals surface area contributed by atoms with Gasteiger partial charge in [0.05, 0.1) is 5.56 Å². The minimum absolute atomic E-state index is 0. The second kappa shape index (κ2) is 11.0. The average Bonchev–Trinajstić information content (AvgIpc) is 2.63. The number of piperidine rings is 1. The monoisotopic (exact) mass is 408 g/mol. The van der Waals surface area contributed by atoms with Crippen LogP contribution in [0.1, 0.15) is 29.6 Å². The highest BCUT2D eigenvalue weighted by atomic mass is 35.5. The quantitative estimate of drug-likeness (QED) is 0.646. The highest BCUT2D eigenvalue weighted by Crippen LogP contribution is 2.26. The van der Waals surface area contributed by atoms with E-state index in [2.05, 4.69) is 17.2 Å². The summed E-state index contributed by atoms with van der Waals surface area (Å²) in [5.74, 6) is -0.207. The Morgan fingerprint density at radius 3 is 2.74 bits per heavy atom. The molecule has 1 aliphatic rings. The van der Waals surface area contributed by atoms with E-state index in [1.54, 1.807) is 0 Å². The third kappa shape index (κ3) is 8.09. The lowest BCUT2D eigenvalue weighted by Gasteiger charge is -2.23. The van der Waals surface area contributed by atoms with Crippen molar-refractivity contribution in [3.8, 4) is 11.5 Å². The molecule has 1 aromatic carbocycles. The summed E-state index contributed by atoms with van der Waals surface area (Å²) in [6.07, 6.45) is 0.244. The van der Waals surface area contributed by atoms with E-state index < -0.39 is 18.7 Å². The first-order valence-electron chi connectivity index (χ1n) is 8.48. The lowest BCUT2D eigenvalue weighted by molar-refractivity contribution is -0.153. The molecule has 1 unspecified atom stereocenters. The van der Waals surface area contributed by atoms with Crippen molar-refractivity contribution in [2.75, 3.05) is 26.3 Å². The van der Waals surface area contributed by atoms with Crippen LogP contribution in [-0.4, -0.2) is 44.4 Å². The van der Waals surface area contributed by atoms with E-state index in [4.69, 9.17) is 9.47 Å². The summed E-state index contributed by atoms with van der Waals surface area (Å²) in [5, 5.41) is 6.11. The maximum absolute atomic E-state index is 12.5. The molecular formula is C18H24ClF3N2O3.